The average molecular weight is 375 g/mol. The number of esters is 1. The average Bonchev–Trinajstić information content (AvgIpc) is 3.13. The summed E-state index contributed by atoms with van der Waals surface area (Å²) < 4.78 is 11.4. The Labute approximate surface area is 160 Å². The number of nitrogens with one attached hydrogen (secondary N) is 2. The number of epoxide rings is 1. The Morgan fingerprint density at radius 1 is 1.44 bits per heavy atom. The highest BCUT2D eigenvalue weighted by atomic mass is 16.6. The number of hydrazone groups is 1. The van der Waals surface area contributed by atoms with Crippen LogP contribution in [0.15, 0.2) is 28.9 Å². The first-order valence-electron chi connectivity index (χ1n) is 9.47. The van der Waals surface area contributed by atoms with Gasteiger partial charge in [0, 0.05) is 17.0 Å². The van der Waals surface area contributed by atoms with E-state index in [1.165, 1.54) is 0 Å². The first-order valence-corrected chi connectivity index (χ1v) is 9.47. The van der Waals surface area contributed by atoms with Crippen LogP contribution in [0.25, 0.3) is 0 Å². The number of hydrogen-bond donors (Lipinski definition) is 2. The van der Waals surface area contributed by atoms with Crippen molar-refractivity contribution in [1.82, 2.24) is 10.7 Å². The third-order valence-electron chi connectivity index (χ3n) is 5.26. The molecule has 7 heteroatoms. The molecule has 1 aliphatic carbocycles. The maximum Gasteiger partial charge on any atom is 0.335 e. The molecule has 0 aromatic rings. The number of urea groups is 1. The number of carbonyl (C=O) groups excluding carboxylic acids is 2. The largest absolute Gasteiger partial charge is 0.455 e. The topological polar surface area (TPSA) is 92.3 Å². The molecule has 2 aliphatic heterocycles. The number of ether oxygens (including phenoxy) is 2. The third kappa shape index (κ3) is 4.58. The van der Waals surface area contributed by atoms with E-state index in [0.717, 1.165) is 31.3 Å². The van der Waals surface area contributed by atoms with Gasteiger partial charge in [-0.3, -0.25) is 0 Å². The maximum absolute atomic E-state index is 12.0. The molecule has 0 unspecified atom stereocenters. The maximum atomic E-state index is 12.0. The Balaban J connectivity index is 1.66. The summed E-state index contributed by atoms with van der Waals surface area (Å²) in [5.41, 5.74) is 3.45. The molecule has 7 nitrogen and oxygen atoms in total. The highest BCUT2D eigenvalue weighted by Gasteiger charge is 2.61. The normalized spacial score (nSPS) is 35.6. The molecule has 148 valence electrons. The monoisotopic (exact) mass is 375 g/mol. The minimum Gasteiger partial charge on any atom is -0.455 e. The first kappa shape index (κ1) is 19.6. The molecular formula is C20H29N3O4. The summed E-state index contributed by atoms with van der Waals surface area (Å²) in [5, 5.41) is 6.85. The molecule has 2 N–H and O–H groups in total. The molecule has 0 saturated carbocycles. The summed E-state index contributed by atoms with van der Waals surface area (Å²) in [6.07, 6.45) is 6.65. The summed E-state index contributed by atoms with van der Waals surface area (Å²) in [5.74, 6) is -0.363. The fraction of sp³-hybridized carbons (Fsp3) is 0.650. The van der Waals surface area contributed by atoms with Crippen molar-refractivity contribution in [3.8, 4) is 0 Å². The van der Waals surface area contributed by atoms with Crippen LogP contribution in [0.2, 0.25) is 0 Å². The molecule has 0 aromatic carbocycles. The SMILES string of the molecule is C=C1C(=O)O[C@H]2[C@H]1CCC(/C=N/NC(=O)NC(C)(C)C)=C\CC[C@@]1(C)O[C@@H]21. The van der Waals surface area contributed by atoms with Crippen molar-refractivity contribution in [2.75, 3.05) is 0 Å². The minimum absolute atomic E-state index is 0.0444. The van der Waals surface area contributed by atoms with E-state index in [0.29, 0.717) is 5.57 Å². The zero-order chi connectivity index (χ0) is 19.8. The van der Waals surface area contributed by atoms with Gasteiger partial charge in [-0.1, -0.05) is 12.7 Å². The van der Waals surface area contributed by atoms with Crippen LogP contribution < -0.4 is 10.7 Å². The summed E-state index contributed by atoms with van der Waals surface area (Å²) in [6.45, 7) is 11.7. The Bertz CT molecular complexity index is 707. The zero-order valence-electron chi connectivity index (χ0n) is 16.5. The molecule has 27 heavy (non-hydrogen) atoms. The molecule has 2 heterocycles. The molecule has 2 saturated heterocycles. The van der Waals surface area contributed by atoms with E-state index in [-0.39, 0.29) is 41.3 Å². The summed E-state index contributed by atoms with van der Waals surface area (Å²) in [7, 11) is 0. The van der Waals surface area contributed by atoms with Gasteiger partial charge in [0.15, 0.2) is 0 Å². The van der Waals surface area contributed by atoms with Gasteiger partial charge in [-0.05, 0) is 59.0 Å². The lowest BCUT2D eigenvalue weighted by Crippen LogP contribution is -2.44. The lowest BCUT2D eigenvalue weighted by molar-refractivity contribution is -0.140. The summed E-state index contributed by atoms with van der Waals surface area (Å²) in [6, 6.07) is -0.343. The second-order valence-electron chi connectivity index (χ2n) is 8.78. The molecule has 0 aromatic heterocycles. The molecule has 0 radical (unpaired) electrons. The number of rotatable bonds is 2. The van der Waals surface area contributed by atoms with Gasteiger partial charge in [-0.25, -0.2) is 15.0 Å². The Hall–Kier alpha value is -2.15. The predicted molar refractivity (Wildman–Crippen MR) is 102 cm³/mol. The van der Waals surface area contributed by atoms with E-state index in [1.807, 2.05) is 20.8 Å². The first-order chi connectivity index (χ1) is 12.6. The van der Waals surface area contributed by atoms with E-state index in [2.05, 4.69) is 35.4 Å². The van der Waals surface area contributed by atoms with Gasteiger partial charge >= 0.3 is 12.0 Å². The second-order valence-corrected chi connectivity index (χ2v) is 8.78. The number of fused-ring (bicyclic) bond motifs is 3. The third-order valence-corrected chi connectivity index (χ3v) is 5.26. The van der Waals surface area contributed by atoms with Gasteiger partial charge in [0.25, 0.3) is 0 Å². The van der Waals surface area contributed by atoms with E-state index < -0.39 is 0 Å². The number of hydrogen-bond acceptors (Lipinski definition) is 5. The quantitative estimate of drug-likeness (QED) is 0.255. The Morgan fingerprint density at radius 3 is 2.89 bits per heavy atom. The predicted octanol–water partition coefficient (Wildman–Crippen LogP) is 2.83. The van der Waals surface area contributed by atoms with Crippen molar-refractivity contribution in [2.45, 2.75) is 76.7 Å². The van der Waals surface area contributed by atoms with Crippen LogP contribution >= 0.6 is 0 Å². The van der Waals surface area contributed by atoms with E-state index in [9.17, 15) is 9.59 Å². The van der Waals surface area contributed by atoms with Crippen LogP contribution in [0.1, 0.15) is 53.4 Å². The molecule has 3 rings (SSSR count). The molecule has 2 amide bonds. The van der Waals surface area contributed by atoms with Crippen molar-refractivity contribution < 1.29 is 19.1 Å². The van der Waals surface area contributed by atoms with Crippen LogP contribution in [0.5, 0.6) is 0 Å². The highest BCUT2D eigenvalue weighted by molar-refractivity contribution is 5.91. The Morgan fingerprint density at radius 2 is 2.19 bits per heavy atom. The molecule has 3 aliphatic rings. The highest BCUT2D eigenvalue weighted by Crippen LogP contribution is 2.49. The van der Waals surface area contributed by atoms with Crippen molar-refractivity contribution in [1.29, 1.82) is 0 Å². The number of amides is 2. The number of carbonyl (C=O) groups is 2. The van der Waals surface area contributed by atoms with Crippen LogP contribution in [0, 0.1) is 5.92 Å². The van der Waals surface area contributed by atoms with Crippen LogP contribution in [-0.2, 0) is 14.3 Å². The van der Waals surface area contributed by atoms with E-state index in [1.54, 1.807) is 6.21 Å². The van der Waals surface area contributed by atoms with Crippen LogP contribution in [-0.4, -0.2) is 41.6 Å². The van der Waals surface area contributed by atoms with Gasteiger partial charge in [0.1, 0.15) is 12.2 Å². The van der Waals surface area contributed by atoms with Gasteiger partial charge < -0.3 is 14.8 Å². The molecule has 0 spiro atoms. The molecule has 2 fully saturated rings. The van der Waals surface area contributed by atoms with Crippen LogP contribution in [0.3, 0.4) is 0 Å². The van der Waals surface area contributed by atoms with Crippen molar-refractivity contribution in [3.63, 3.8) is 0 Å². The second kappa shape index (κ2) is 7.11. The summed E-state index contributed by atoms with van der Waals surface area (Å²) in [4.78, 5) is 23.8. The minimum atomic E-state index is -0.343. The van der Waals surface area contributed by atoms with Crippen molar-refractivity contribution in [3.05, 3.63) is 23.8 Å². The van der Waals surface area contributed by atoms with Crippen molar-refractivity contribution in [2.24, 2.45) is 11.0 Å². The van der Waals surface area contributed by atoms with Crippen molar-refractivity contribution >= 4 is 18.2 Å². The van der Waals surface area contributed by atoms with Gasteiger partial charge in [-0.2, -0.15) is 5.10 Å². The van der Waals surface area contributed by atoms with Crippen LogP contribution in [0.4, 0.5) is 4.79 Å². The lowest BCUT2D eigenvalue weighted by Gasteiger charge is -2.20. The smallest absolute Gasteiger partial charge is 0.335 e. The van der Waals surface area contributed by atoms with E-state index >= 15 is 0 Å². The van der Waals surface area contributed by atoms with Gasteiger partial charge in [0.2, 0.25) is 0 Å². The van der Waals surface area contributed by atoms with Gasteiger partial charge in [-0.15, -0.1) is 0 Å². The van der Waals surface area contributed by atoms with Gasteiger partial charge in [0.05, 0.1) is 11.8 Å². The fourth-order valence-electron chi connectivity index (χ4n) is 3.74. The molecule has 4 atom stereocenters. The Kier molecular flexibility index (Phi) is 5.16. The standard InChI is InChI=1S/C20H29N3O4/c1-12-14-9-8-13(11-21-23-18(25)22-19(2,3)4)7-6-10-20(5)16(27-20)15(14)26-17(12)24/h7,11,14-16H,1,6,8-10H2,2-5H3,(H2,22,23,25)/b13-7+,21-11+/t14-,15-,16-,20+/m0/s1. The summed E-state index contributed by atoms with van der Waals surface area (Å²) >= 11 is 0. The fourth-order valence-corrected chi connectivity index (χ4v) is 3.74. The lowest BCUT2D eigenvalue weighted by atomic mass is 9.84. The molecular weight excluding hydrogens is 346 g/mol. The van der Waals surface area contributed by atoms with E-state index in [4.69, 9.17) is 9.47 Å². The number of nitrogens with zero attached hydrogens (tertiary/aromatic N) is 1. The zero-order valence-corrected chi connectivity index (χ0v) is 16.5. The number of allylic oxidation sites excluding steroid dienone is 2. The molecule has 0 bridgehead atoms.